The number of carboxylic acids is 1. The number of sulfone groups is 1. The maximum atomic E-state index is 11.9. The van der Waals surface area contributed by atoms with Crippen LogP contribution in [0.15, 0.2) is 29.2 Å². The number of benzene rings is 1. The van der Waals surface area contributed by atoms with Gasteiger partial charge in [0.25, 0.3) is 0 Å². The summed E-state index contributed by atoms with van der Waals surface area (Å²) < 4.78 is 23.8. The molecule has 0 aliphatic heterocycles. The molecule has 1 unspecified atom stereocenters. The Labute approximate surface area is 100 Å². The first kappa shape index (κ1) is 12.1. The molecule has 1 aliphatic carbocycles. The van der Waals surface area contributed by atoms with Crippen molar-refractivity contribution < 1.29 is 18.3 Å². The Hall–Kier alpha value is -1.36. The van der Waals surface area contributed by atoms with E-state index in [-0.39, 0.29) is 5.25 Å². The second-order valence-corrected chi connectivity index (χ2v) is 6.60. The van der Waals surface area contributed by atoms with Crippen molar-refractivity contribution in [3.8, 4) is 0 Å². The average molecular weight is 254 g/mol. The van der Waals surface area contributed by atoms with E-state index in [1.165, 1.54) is 12.1 Å². The van der Waals surface area contributed by atoms with Gasteiger partial charge in [0, 0.05) is 0 Å². The van der Waals surface area contributed by atoms with Gasteiger partial charge in [-0.05, 0) is 37.5 Å². The number of hydrogen-bond acceptors (Lipinski definition) is 3. The van der Waals surface area contributed by atoms with Gasteiger partial charge in [0.15, 0.2) is 9.84 Å². The lowest BCUT2D eigenvalue weighted by atomic mass is 10.0. The molecule has 1 saturated carbocycles. The Morgan fingerprint density at radius 2 is 1.82 bits per heavy atom. The molecule has 1 aromatic carbocycles. The molecule has 0 amide bonds. The molecule has 1 N–H and O–H groups in total. The molecule has 0 saturated heterocycles. The molecule has 92 valence electrons. The number of carboxylic acid groups (broad SMARTS) is 1. The maximum Gasteiger partial charge on any atom is 0.310 e. The fourth-order valence-corrected chi connectivity index (χ4v) is 3.32. The fraction of sp³-hybridized carbons (Fsp3) is 0.417. The molecule has 1 atom stereocenters. The molecular weight excluding hydrogens is 240 g/mol. The van der Waals surface area contributed by atoms with Crippen LogP contribution >= 0.6 is 0 Å². The number of carbonyl (C=O) groups is 1. The van der Waals surface area contributed by atoms with E-state index >= 15 is 0 Å². The molecule has 5 heteroatoms. The highest BCUT2D eigenvalue weighted by Gasteiger charge is 2.36. The van der Waals surface area contributed by atoms with Crippen molar-refractivity contribution in [1.29, 1.82) is 0 Å². The zero-order valence-corrected chi connectivity index (χ0v) is 10.3. The summed E-state index contributed by atoms with van der Waals surface area (Å²) in [6.07, 6.45) is 1.46. The molecular formula is C12H14O4S. The predicted octanol–water partition coefficient (Wildman–Crippen LogP) is 1.81. The normalized spacial score (nSPS) is 17.7. The summed E-state index contributed by atoms with van der Waals surface area (Å²) in [5.41, 5.74) is 0.618. The van der Waals surface area contributed by atoms with Gasteiger partial charge in [-0.1, -0.05) is 12.1 Å². The highest BCUT2D eigenvalue weighted by molar-refractivity contribution is 7.92. The van der Waals surface area contributed by atoms with Crippen LogP contribution in [0.25, 0.3) is 0 Å². The van der Waals surface area contributed by atoms with E-state index in [0.29, 0.717) is 10.5 Å². The van der Waals surface area contributed by atoms with E-state index in [2.05, 4.69) is 0 Å². The van der Waals surface area contributed by atoms with Crippen LogP contribution in [-0.2, 0) is 14.6 Å². The van der Waals surface area contributed by atoms with Crippen molar-refractivity contribution >= 4 is 15.8 Å². The second kappa shape index (κ2) is 4.14. The molecule has 0 bridgehead atoms. The van der Waals surface area contributed by atoms with Crippen molar-refractivity contribution in [2.24, 2.45) is 0 Å². The second-order valence-electron chi connectivity index (χ2n) is 4.37. The summed E-state index contributed by atoms with van der Waals surface area (Å²) >= 11 is 0. The third-order valence-electron chi connectivity index (χ3n) is 3.04. The molecule has 0 heterocycles. The van der Waals surface area contributed by atoms with E-state index in [1.807, 2.05) is 0 Å². The minimum atomic E-state index is -3.18. The zero-order chi connectivity index (χ0) is 12.6. The van der Waals surface area contributed by atoms with Crippen molar-refractivity contribution in [3.63, 3.8) is 0 Å². The van der Waals surface area contributed by atoms with Crippen LogP contribution in [0.4, 0.5) is 0 Å². The van der Waals surface area contributed by atoms with Gasteiger partial charge < -0.3 is 5.11 Å². The van der Waals surface area contributed by atoms with Crippen LogP contribution in [0.1, 0.15) is 31.2 Å². The Kier molecular flexibility index (Phi) is 2.95. The Bertz CT molecular complexity index is 526. The summed E-state index contributed by atoms with van der Waals surface area (Å²) in [4.78, 5) is 11.1. The molecule has 1 fully saturated rings. The lowest BCUT2D eigenvalue weighted by Gasteiger charge is -2.08. The minimum absolute atomic E-state index is 0.231. The molecule has 0 radical (unpaired) electrons. The van der Waals surface area contributed by atoms with Crippen molar-refractivity contribution in [1.82, 2.24) is 0 Å². The lowest BCUT2D eigenvalue weighted by molar-refractivity contribution is -0.138. The number of aliphatic carboxylic acids is 1. The first-order chi connectivity index (χ1) is 7.93. The monoisotopic (exact) mass is 254 g/mol. The van der Waals surface area contributed by atoms with Crippen LogP contribution in [0.5, 0.6) is 0 Å². The average Bonchev–Trinajstić information content (AvgIpc) is 3.12. The van der Waals surface area contributed by atoms with E-state index in [4.69, 9.17) is 5.11 Å². The van der Waals surface area contributed by atoms with E-state index in [0.717, 1.165) is 12.8 Å². The Morgan fingerprint density at radius 1 is 1.29 bits per heavy atom. The standard InChI is InChI=1S/C12H14O4S/c1-8(12(13)14)9-2-4-10(5-3-9)17(15,16)11-6-7-11/h2-5,8,11H,6-7H2,1H3,(H,13,14). The fourth-order valence-electron chi connectivity index (χ4n) is 1.66. The number of rotatable bonds is 4. The van der Waals surface area contributed by atoms with Gasteiger partial charge in [-0.2, -0.15) is 0 Å². The van der Waals surface area contributed by atoms with E-state index in [1.54, 1.807) is 19.1 Å². The smallest absolute Gasteiger partial charge is 0.310 e. The first-order valence-corrected chi connectivity index (χ1v) is 7.04. The van der Waals surface area contributed by atoms with Crippen LogP contribution < -0.4 is 0 Å². The van der Waals surface area contributed by atoms with Crippen molar-refractivity contribution in [2.45, 2.75) is 35.8 Å². The summed E-state index contributed by atoms with van der Waals surface area (Å²) in [5.74, 6) is -1.53. The minimum Gasteiger partial charge on any atom is -0.481 e. The molecule has 0 spiro atoms. The molecule has 1 aromatic rings. The lowest BCUT2D eigenvalue weighted by Crippen LogP contribution is -2.09. The number of hydrogen-bond donors (Lipinski definition) is 1. The quantitative estimate of drug-likeness (QED) is 0.889. The maximum absolute atomic E-state index is 11.9. The molecule has 0 aromatic heterocycles. The molecule has 4 nitrogen and oxygen atoms in total. The summed E-state index contributed by atoms with van der Waals surface area (Å²) in [7, 11) is -3.18. The summed E-state index contributed by atoms with van der Waals surface area (Å²) in [6.45, 7) is 1.58. The highest BCUT2D eigenvalue weighted by Crippen LogP contribution is 2.33. The SMILES string of the molecule is CC(C(=O)O)c1ccc(S(=O)(=O)C2CC2)cc1. The van der Waals surface area contributed by atoms with E-state index < -0.39 is 21.7 Å². The third-order valence-corrected chi connectivity index (χ3v) is 5.32. The van der Waals surface area contributed by atoms with Gasteiger partial charge in [0.2, 0.25) is 0 Å². The van der Waals surface area contributed by atoms with Crippen LogP contribution in [0.3, 0.4) is 0 Å². The highest BCUT2D eigenvalue weighted by atomic mass is 32.2. The first-order valence-electron chi connectivity index (χ1n) is 5.49. The summed E-state index contributed by atoms with van der Waals surface area (Å²) in [5, 5.41) is 8.61. The van der Waals surface area contributed by atoms with Crippen LogP contribution in [0, 0.1) is 0 Å². The van der Waals surface area contributed by atoms with Crippen molar-refractivity contribution in [2.75, 3.05) is 0 Å². The van der Waals surface area contributed by atoms with Crippen LogP contribution in [0.2, 0.25) is 0 Å². The van der Waals surface area contributed by atoms with Crippen LogP contribution in [-0.4, -0.2) is 24.7 Å². The van der Waals surface area contributed by atoms with Gasteiger partial charge >= 0.3 is 5.97 Å². The van der Waals surface area contributed by atoms with E-state index in [9.17, 15) is 13.2 Å². The van der Waals surface area contributed by atoms with Gasteiger partial charge in [-0.15, -0.1) is 0 Å². The zero-order valence-electron chi connectivity index (χ0n) is 9.46. The van der Waals surface area contributed by atoms with Gasteiger partial charge in [0.1, 0.15) is 0 Å². The topological polar surface area (TPSA) is 71.4 Å². The molecule has 1 aliphatic rings. The predicted molar refractivity (Wildman–Crippen MR) is 62.7 cm³/mol. The van der Waals surface area contributed by atoms with Crippen molar-refractivity contribution in [3.05, 3.63) is 29.8 Å². The van der Waals surface area contributed by atoms with Gasteiger partial charge in [0.05, 0.1) is 16.1 Å². The molecule has 2 rings (SSSR count). The van der Waals surface area contributed by atoms with Gasteiger partial charge in [-0.3, -0.25) is 4.79 Å². The third kappa shape index (κ3) is 2.34. The Morgan fingerprint density at radius 3 is 2.24 bits per heavy atom. The molecule has 17 heavy (non-hydrogen) atoms. The largest absolute Gasteiger partial charge is 0.481 e. The summed E-state index contributed by atoms with van der Waals surface area (Å²) in [6, 6.07) is 6.16. The Balaban J connectivity index is 2.27. The van der Waals surface area contributed by atoms with Gasteiger partial charge in [-0.25, -0.2) is 8.42 Å².